The number of benzene rings is 2. The van der Waals surface area contributed by atoms with Crippen molar-refractivity contribution in [2.24, 2.45) is 0 Å². The maximum Gasteiger partial charge on any atom is 0.204 e. The van der Waals surface area contributed by atoms with Crippen LogP contribution < -0.4 is 10.2 Å². The molecule has 0 spiro atoms. The first kappa shape index (κ1) is 16.8. The zero-order valence-electron chi connectivity index (χ0n) is 14.9. The Balaban J connectivity index is 1.86. The monoisotopic (exact) mass is 354 g/mol. The molecule has 0 saturated heterocycles. The molecule has 0 aliphatic carbocycles. The average Bonchev–Trinajstić information content (AvgIpc) is 2.98. The SMILES string of the molecule is COc1ccc(C=Cc2nn(-c3ccccc3)c3c(=O)ccccc23)cc1. The van der Waals surface area contributed by atoms with Gasteiger partial charge in [0.25, 0.3) is 0 Å². The lowest BCUT2D eigenvalue weighted by atomic mass is 10.1. The van der Waals surface area contributed by atoms with Crippen molar-refractivity contribution < 1.29 is 4.74 Å². The molecule has 0 atom stereocenters. The van der Waals surface area contributed by atoms with Gasteiger partial charge in [-0.2, -0.15) is 5.10 Å². The Morgan fingerprint density at radius 2 is 1.56 bits per heavy atom. The van der Waals surface area contributed by atoms with E-state index >= 15 is 0 Å². The summed E-state index contributed by atoms with van der Waals surface area (Å²) in [6, 6.07) is 24.6. The van der Waals surface area contributed by atoms with E-state index in [9.17, 15) is 4.79 Å². The molecule has 0 radical (unpaired) electrons. The predicted octanol–water partition coefficient (Wildman–Crippen LogP) is 4.56. The van der Waals surface area contributed by atoms with Gasteiger partial charge in [-0.3, -0.25) is 4.79 Å². The zero-order valence-corrected chi connectivity index (χ0v) is 14.9. The van der Waals surface area contributed by atoms with E-state index in [1.54, 1.807) is 23.9 Å². The molecule has 0 bridgehead atoms. The second-order valence-electron chi connectivity index (χ2n) is 6.08. The van der Waals surface area contributed by atoms with Crippen LogP contribution in [-0.4, -0.2) is 16.9 Å². The fourth-order valence-corrected chi connectivity index (χ4v) is 2.99. The van der Waals surface area contributed by atoms with Gasteiger partial charge in [-0.15, -0.1) is 0 Å². The fourth-order valence-electron chi connectivity index (χ4n) is 2.99. The molecule has 4 nitrogen and oxygen atoms in total. The van der Waals surface area contributed by atoms with Crippen LogP contribution in [0.1, 0.15) is 11.3 Å². The predicted molar refractivity (Wildman–Crippen MR) is 109 cm³/mol. The molecular formula is C23H18N2O2. The molecule has 4 heteroatoms. The van der Waals surface area contributed by atoms with E-state index in [2.05, 4.69) is 0 Å². The first-order chi connectivity index (χ1) is 13.3. The lowest BCUT2D eigenvalue weighted by Crippen LogP contribution is -2.04. The van der Waals surface area contributed by atoms with Crippen LogP contribution in [0.4, 0.5) is 0 Å². The summed E-state index contributed by atoms with van der Waals surface area (Å²) >= 11 is 0. The van der Waals surface area contributed by atoms with Crippen LogP contribution >= 0.6 is 0 Å². The van der Waals surface area contributed by atoms with Crippen molar-refractivity contribution >= 4 is 23.1 Å². The van der Waals surface area contributed by atoms with Gasteiger partial charge in [-0.05, 0) is 42.0 Å². The standard InChI is InChI=1S/C23H18N2O2/c1-27-19-14-11-17(12-15-19)13-16-21-20-9-5-6-10-22(26)23(20)25(24-21)18-7-3-2-4-8-18/h2-16H,1H3. The Bertz CT molecular complexity index is 1160. The summed E-state index contributed by atoms with van der Waals surface area (Å²) in [4.78, 5) is 12.6. The van der Waals surface area contributed by atoms with Crippen LogP contribution in [0.2, 0.25) is 0 Å². The number of rotatable bonds is 4. The minimum absolute atomic E-state index is 0.0598. The van der Waals surface area contributed by atoms with Gasteiger partial charge >= 0.3 is 0 Å². The molecule has 0 fully saturated rings. The number of hydrogen-bond donors (Lipinski definition) is 0. The van der Waals surface area contributed by atoms with Crippen LogP contribution in [0.15, 0.2) is 83.7 Å². The summed E-state index contributed by atoms with van der Waals surface area (Å²) in [5, 5.41) is 5.52. The van der Waals surface area contributed by atoms with Gasteiger partial charge in [0.2, 0.25) is 5.43 Å². The van der Waals surface area contributed by atoms with Gasteiger partial charge in [0.1, 0.15) is 11.3 Å². The van der Waals surface area contributed by atoms with Crippen molar-refractivity contribution in [1.82, 2.24) is 9.78 Å². The number of hydrogen-bond acceptors (Lipinski definition) is 3. The molecule has 0 N–H and O–H groups in total. The Hall–Kier alpha value is -3.66. The highest BCUT2D eigenvalue weighted by Gasteiger charge is 2.11. The molecule has 0 aliphatic rings. The highest BCUT2D eigenvalue weighted by molar-refractivity contribution is 5.90. The number of ether oxygens (including phenoxy) is 1. The smallest absolute Gasteiger partial charge is 0.204 e. The van der Waals surface area contributed by atoms with Crippen LogP contribution in [0, 0.1) is 0 Å². The van der Waals surface area contributed by atoms with Gasteiger partial charge in [0.15, 0.2) is 0 Å². The highest BCUT2D eigenvalue weighted by Crippen LogP contribution is 2.21. The molecule has 0 saturated carbocycles. The molecule has 0 aliphatic heterocycles. The van der Waals surface area contributed by atoms with E-state index in [1.165, 1.54) is 0 Å². The second kappa shape index (κ2) is 7.30. The van der Waals surface area contributed by atoms with Crippen molar-refractivity contribution in [3.05, 3.63) is 100 Å². The molecule has 4 rings (SSSR count). The number of methoxy groups -OCH3 is 1. The average molecular weight is 354 g/mol. The lowest BCUT2D eigenvalue weighted by Gasteiger charge is -2.01. The summed E-state index contributed by atoms with van der Waals surface area (Å²) in [7, 11) is 1.65. The van der Waals surface area contributed by atoms with E-state index in [0.717, 1.165) is 28.1 Å². The van der Waals surface area contributed by atoms with Crippen LogP contribution in [-0.2, 0) is 0 Å². The van der Waals surface area contributed by atoms with E-state index in [-0.39, 0.29) is 5.43 Å². The molecule has 132 valence electrons. The molecule has 0 unspecified atom stereocenters. The summed E-state index contributed by atoms with van der Waals surface area (Å²) in [5.41, 5.74) is 3.14. The van der Waals surface area contributed by atoms with E-state index in [1.807, 2.05) is 78.9 Å². The number of para-hydroxylation sites is 1. The van der Waals surface area contributed by atoms with Crippen molar-refractivity contribution in [3.63, 3.8) is 0 Å². The van der Waals surface area contributed by atoms with Gasteiger partial charge in [-0.25, -0.2) is 4.68 Å². The maximum atomic E-state index is 12.6. The van der Waals surface area contributed by atoms with Crippen molar-refractivity contribution in [2.75, 3.05) is 7.11 Å². The fraction of sp³-hybridized carbons (Fsp3) is 0.0435. The van der Waals surface area contributed by atoms with E-state index in [4.69, 9.17) is 9.84 Å². The van der Waals surface area contributed by atoms with Gasteiger partial charge in [0.05, 0.1) is 18.5 Å². The summed E-state index contributed by atoms with van der Waals surface area (Å²) < 4.78 is 6.90. The largest absolute Gasteiger partial charge is 0.497 e. The normalized spacial score (nSPS) is 11.1. The first-order valence-electron chi connectivity index (χ1n) is 8.66. The third-order valence-corrected chi connectivity index (χ3v) is 4.36. The third kappa shape index (κ3) is 3.37. The Labute approximate surface area is 157 Å². The summed E-state index contributed by atoms with van der Waals surface area (Å²) in [6.45, 7) is 0. The minimum Gasteiger partial charge on any atom is -0.497 e. The quantitative estimate of drug-likeness (QED) is 0.539. The summed E-state index contributed by atoms with van der Waals surface area (Å²) in [5.74, 6) is 0.814. The molecule has 1 heterocycles. The Kier molecular flexibility index (Phi) is 4.54. The molecule has 27 heavy (non-hydrogen) atoms. The minimum atomic E-state index is -0.0598. The zero-order chi connectivity index (χ0) is 18.6. The van der Waals surface area contributed by atoms with Gasteiger partial charge < -0.3 is 4.74 Å². The lowest BCUT2D eigenvalue weighted by molar-refractivity contribution is 0.415. The number of aromatic nitrogens is 2. The first-order valence-corrected chi connectivity index (χ1v) is 8.66. The Morgan fingerprint density at radius 3 is 2.30 bits per heavy atom. The van der Waals surface area contributed by atoms with Gasteiger partial charge in [-0.1, -0.05) is 54.6 Å². The van der Waals surface area contributed by atoms with Crippen LogP contribution in [0.25, 0.3) is 28.7 Å². The molecular weight excluding hydrogens is 336 g/mol. The van der Waals surface area contributed by atoms with Crippen molar-refractivity contribution in [3.8, 4) is 11.4 Å². The highest BCUT2D eigenvalue weighted by atomic mass is 16.5. The molecule has 1 aromatic heterocycles. The third-order valence-electron chi connectivity index (χ3n) is 4.36. The topological polar surface area (TPSA) is 44.1 Å². The van der Waals surface area contributed by atoms with E-state index < -0.39 is 0 Å². The van der Waals surface area contributed by atoms with E-state index in [0.29, 0.717) is 5.52 Å². The number of nitrogens with zero attached hydrogens (tertiary/aromatic N) is 2. The molecule has 0 amide bonds. The number of fused-ring (bicyclic) bond motifs is 1. The van der Waals surface area contributed by atoms with Crippen molar-refractivity contribution in [1.29, 1.82) is 0 Å². The van der Waals surface area contributed by atoms with Crippen molar-refractivity contribution in [2.45, 2.75) is 0 Å². The molecule has 4 aromatic rings. The van der Waals surface area contributed by atoms with Crippen LogP contribution in [0.3, 0.4) is 0 Å². The Morgan fingerprint density at radius 1 is 0.852 bits per heavy atom. The van der Waals surface area contributed by atoms with Gasteiger partial charge in [0, 0.05) is 5.39 Å². The molecule has 3 aromatic carbocycles. The second-order valence-corrected chi connectivity index (χ2v) is 6.08. The maximum absolute atomic E-state index is 12.6. The van der Waals surface area contributed by atoms with Crippen LogP contribution in [0.5, 0.6) is 5.75 Å². The summed E-state index contributed by atoms with van der Waals surface area (Å²) in [6.07, 6.45) is 3.91.